The summed E-state index contributed by atoms with van der Waals surface area (Å²) in [5.41, 5.74) is 0.606. The van der Waals surface area contributed by atoms with Crippen LogP contribution in [0.5, 0.6) is 11.5 Å². The van der Waals surface area contributed by atoms with Gasteiger partial charge < -0.3 is 14.6 Å². The molecule has 0 radical (unpaired) electrons. The molecular weight excluding hydrogens is 247 g/mol. The fourth-order valence-electron chi connectivity index (χ4n) is 2.07. The number of ether oxygens (including phenoxy) is 2. The second-order valence-electron chi connectivity index (χ2n) is 4.41. The standard InChI is InChI=1S/C15H13FO3/c16-11-7-5-10(6-8-11)15(17)14-9-18-12-3-1-2-4-13(12)19-14/h1-8,14-15,17H,9H2. The van der Waals surface area contributed by atoms with Crippen molar-refractivity contribution in [3.63, 3.8) is 0 Å². The average molecular weight is 260 g/mol. The molecule has 0 fully saturated rings. The minimum Gasteiger partial charge on any atom is -0.486 e. The lowest BCUT2D eigenvalue weighted by molar-refractivity contribution is -0.0113. The molecule has 1 heterocycles. The summed E-state index contributed by atoms with van der Waals surface area (Å²) >= 11 is 0. The van der Waals surface area contributed by atoms with E-state index in [1.807, 2.05) is 18.2 Å². The van der Waals surface area contributed by atoms with E-state index in [2.05, 4.69) is 0 Å². The average Bonchev–Trinajstić information content (AvgIpc) is 2.47. The molecule has 2 aromatic rings. The Labute approximate surface area is 110 Å². The molecule has 2 atom stereocenters. The Hall–Kier alpha value is -2.07. The third-order valence-electron chi connectivity index (χ3n) is 3.09. The zero-order valence-corrected chi connectivity index (χ0v) is 10.1. The highest BCUT2D eigenvalue weighted by atomic mass is 19.1. The van der Waals surface area contributed by atoms with Crippen molar-refractivity contribution in [3.8, 4) is 11.5 Å². The van der Waals surface area contributed by atoms with Crippen LogP contribution in [0.3, 0.4) is 0 Å². The molecule has 19 heavy (non-hydrogen) atoms. The van der Waals surface area contributed by atoms with Gasteiger partial charge in [-0.1, -0.05) is 24.3 Å². The molecule has 3 rings (SSSR count). The van der Waals surface area contributed by atoms with Crippen LogP contribution >= 0.6 is 0 Å². The smallest absolute Gasteiger partial charge is 0.163 e. The van der Waals surface area contributed by atoms with Crippen molar-refractivity contribution in [2.45, 2.75) is 12.2 Å². The van der Waals surface area contributed by atoms with E-state index in [0.29, 0.717) is 17.1 Å². The highest BCUT2D eigenvalue weighted by molar-refractivity contribution is 5.41. The van der Waals surface area contributed by atoms with Gasteiger partial charge in [0.1, 0.15) is 18.5 Å². The molecule has 0 saturated carbocycles. The zero-order valence-electron chi connectivity index (χ0n) is 10.1. The van der Waals surface area contributed by atoms with Crippen LogP contribution in [0.1, 0.15) is 11.7 Å². The van der Waals surface area contributed by atoms with E-state index >= 15 is 0 Å². The Morgan fingerprint density at radius 3 is 2.47 bits per heavy atom. The predicted octanol–water partition coefficient (Wildman–Crippen LogP) is 2.70. The maximum Gasteiger partial charge on any atom is 0.163 e. The van der Waals surface area contributed by atoms with Crippen molar-refractivity contribution in [2.75, 3.05) is 6.61 Å². The monoisotopic (exact) mass is 260 g/mol. The van der Waals surface area contributed by atoms with Gasteiger partial charge in [0, 0.05) is 0 Å². The summed E-state index contributed by atoms with van der Waals surface area (Å²) in [6.45, 7) is 0.259. The largest absolute Gasteiger partial charge is 0.486 e. The van der Waals surface area contributed by atoms with E-state index in [0.717, 1.165) is 0 Å². The van der Waals surface area contributed by atoms with Crippen LogP contribution < -0.4 is 9.47 Å². The first-order chi connectivity index (χ1) is 9.24. The van der Waals surface area contributed by atoms with Crippen molar-refractivity contribution >= 4 is 0 Å². The fourth-order valence-corrected chi connectivity index (χ4v) is 2.07. The summed E-state index contributed by atoms with van der Waals surface area (Å²) in [7, 11) is 0. The van der Waals surface area contributed by atoms with Gasteiger partial charge in [0.05, 0.1) is 0 Å². The van der Waals surface area contributed by atoms with Crippen LogP contribution in [0, 0.1) is 5.82 Å². The van der Waals surface area contributed by atoms with Gasteiger partial charge in [-0.3, -0.25) is 0 Å². The highest BCUT2D eigenvalue weighted by Crippen LogP contribution is 2.34. The van der Waals surface area contributed by atoms with E-state index in [1.54, 1.807) is 18.2 Å². The number of para-hydroxylation sites is 2. The number of hydrogen-bond donors (Lipinski definition) is 1. The van der Waals surface area contributed by atoms with E-state index in [4.69, 9.17) is 9.47 Å². The predicted molar refractivity (Wildman–Crippen MR) is 67.7 cm³/mol. The Kier molecular flexibility index (Phi) is 3.09. The molecule has 2 aromatic carbocycles. The lowest BCUT2D eigenvalue weighted by Gasteiger charge is -2.29. The van der Waals surface area contributed by atoms with E-state index in [-0.39, 0.29) is 12.4 Å². The molecule has 0 saturated heterocycles. The molecule has 0 spiro atoms. The molecule has 1 aliphatic heterocycles. The second-order valence-corrected chi connectivity index (χ2v) is 4.41. The van der Waals surface area contributed by atoms with Crippen molar-refractivity contribution < 1.29 is 19.0 Å². The normalized spacial score (nSPS) is 18.9. The molecule has 2 unspecified atom stereocenters. The van der Waals surface area contributed by atoms with Crippen molar-refractivity contribution in [2.24, 2.45) is 0 Å². The third kappa shape index (κ3) is 2.39. The number of fused-ring (bicyclic) bond motifs is 1. The summed E-state index contributed by atoms with van der Waals surface area (Å²) in [6, 6.07) is 13.0. The molecule has 98 valence electrons. The van der Waals surface area contributed by atoms with Gasteiger partial charge in [0.25, 0.3) is 0 Å². The lowest BCUT2D eigenvalue weighted by Crippen LogP contribution is -2.34. The number of benzene rings is 2. The summed E-state index contributed by atoms with van der Waals surface area (Å²) in [5, 5.41) is 10.2. The van der Waals surface area contributed by atoms with Gasteiger partial charge >= 0.3 is 0 Å². The third-order valence-corrected chi connectivity index (χ3v) is 3.09. The molecule has 3 nitrogen and oxygen atoms in total. The molecule has 1 N–H and O–H groups in total. The first-order valence-corrected chi connectivity index (χ1v) is 6.06. The topological polar surface area (TPSA) is 38.7 Å². The van der Waals surface area contributed by atoms with Crippen molar-refractivity contribution in [1.82, 2.24) is 0 Å². The summed E-state index contributed by atoms with van der Waals surface area (Å²) in [4.78, 5) is 0. The fraction of sp³-hybridized carbons (Fsp3) is 0.200. The highest BCUT2D eigenvalue weighted by Gasteiger charge is 2.28. The van der Waals surface area contributed by atoms with Gasteiger partial charge in [-0.15, -0.1) is 0 Å². The van der Waals surface area contributed by atoms with Gasteiger partial charge in [-0.05, 0) is 29.8 Å². The maximum atomic E-state index is 12.9. The number of hydrogen-bond acceptors (Lipinski definition) is 3. The first-order valence-electron chi connectivity index (χ1n) is 6.06. The Morgan fingerprint density at radius 2 is 1.74 bits per heavy atom. The number of aliphatic hydroxyl groups excluding tert-OH is 1. The number of rotatable bonds is 2. The lowest BCUT2D eigenvalue weighted by atomic mass is 10.0. The van der Waals surface area contributed by atoms with Crippen molar-refractivity contribution in [1.29, 1.82) is 0 Å². The van der Waals surface area contributed by atoms with Crippen LogP contribution in [0.2, 0.25) is 0 Å². The molecule has 4 heteroatoms. The molecular formula is C15H13FO3. The SMILES string of the molecule is OC(c1ccc(F)cc1)C1COc2ccccc2O1. The van der Waals surface area contributed by atoms with E-state index < -0.39 is 12.2 Å². The van der Waals surface area contributed by atoms with Crippen LogP contribution in [0.15, 0.2) is 48.5 Å². The zero-order chi connectivity index (χ0) is 13.2. The van der Waals surface area contributed by atoms with Crippen molar-refractivity contribution in [3.05, 3.63) is 59.9 Å². The van der Waals surface area contributed by atoms with Gasteiger partial charge in [-0.2, -0.15) is 0 Å². The number of aliphatic hydroxyl groups is 1. The Bertz CT molecular complexity index is 568. The van der Waals surface area contributed by atoms with Crippen LogP contribution in [-0.2, 0) is 0 Å². The minimum absolute atomic E-state index is 0.259. The molecule has 0 bridgehead atoms. The summed E-state index contributed by atoms with van der Waals surface area (Å²) in [6.07, 6.45) is -1.35. The Morgan fingerprint density at radius 1 is 1.05 bits per heavy atom. The van der Waals surface area contributed by atoms with Crippen LogP contribution in [0.4, 0.5) is 4.39 Å². The van der Waals surface area contributed by atoms with Crippen LogP contribution in [-0.4, -0.2) is 17.8 Å². The van der Waals surface area contributed by atoms with Gasteiger partial charge in [0.15, 0.2) is 17.6 Å². The summed E-state index contributed by atoms with van der Waals surface area (Å²) in [5.74, 6) is 0.951. The molecule has 0 aromatic heterocycles. The minimum atomic E-state index is -0.853. The maximum absolute atomic E-state index is 12.9. The first kappa shape index (κ1) is 12.0. The Balaban J connectivity index is 1.79. The second kappa shape index (κ2) is 4.90. The number of halogens is 1. The molecule has 1 aliphatic rings. The van der Waals surface area contributed by atoms with Gasteiger partial charge in [0.2, 0.25) is 0 Å². The van der Waals surface area contributed by atoms with Crippen LogP contribution in [0.25, 0.3) is 0 Å². The molecule has 0 amide bonds. The quantitative estimate of drug-likeness (QED) is 0.902. The molecule has 0 aliphatic carbocycles. The van der Waals surface area contributed by atoms with E-state index in [9.17, 15) is 9.50 Å². The van der Waals surface area contributed by atoms with E-state index in [1.165, 1.54) is 12.1 Å². The summed E-state index contributed by atoms with van der Waals surface area (Å²) < 4.78 is 24.1. The van der Waals surface area contributed by atoms with Gasteiger partial charge in [-0.25, -0.2) is 4.39 Å².